The number of nitrogens with zero attached hydrogens (tertiary/aromatic N) is 3. The highest BCUT2D eigenvalue weighted by atomic mass is 19.1. The molecule has 3 N–H and O–H groups in total. The van der Waals surface area contributed by atoms with Gasteiger partial charge in [-0.25, -0.2) is 18.7 Å². The lowest BCUT2D eigenvalue weighted by Gasteiger charge is -2.11. The van der Waals surface area contributed by atoms with Gasteiger partial charge in [-0.15, -0.1) is 0 Å². The minimum absolute atomic E-state index is 0.0639. The van der Waals surface area contributed by atoms with E-state index < -0.39 is 28.2 Å². The largest absolute Gasteiger partial charge is 0.360 e. The predicted octanol–water partition coefficient (Wildman–Crippen LogP) is 3.03. The molecular formula is C18H14F2N6O3. The standard InChI is InChI=1S/C18H14F2N6O3/c19-13-7-3-1-5-11(13)9-21-16-15(26(28)29)17(23-10-22-16)24-25-18(27)12-6-2-4-8-14(12)20/h1-8,10H,9H2,(H,25,27)(H2,21,22,23,24). The molecule has 148 valence electrons. The monoisotopic (exact) mass is 400 g/mol. The van der Waals surface area contributed by atoms with Gasteiger partial charge >= 0.3 is 5.69 Å². The third-order valence-corrected chi connectivity index (χ3v) is 3.82. The van der Waals surface area contributed by atoms with Crippen molar-refractivity contribution < 1.29 is 18.5 Å². The summed E-state index contributed by atoms with van der Waals surface area (Å²) in [6.07, 6.45) is 1.02. The van der Waals surface area contributed by atoms with Crippen molar-refractivity contribution in [3.63, 3.8) is 0 Å². The highest BCUT2D eigenvalue weighted by Gasteiger charge is 2.24. The molecule has 29 heavy (non-hydrogen) atoms. The molecule has 1 amide bonds. The second kappa shape index (κ2) is 8.69. The first-order valence-corrected chi connectivity index (χ1v) is 8.25. The van der Waals surface area contributed by atoms with Crippen LogP contribution >= 0.6 is 0 Å². The van der Waals surface area contributed by atoms with E-state index in [1.807, 2.05) is 0 Å². The van der Waals surface area contributed by atoms with Gasteiger partial charge in [0.15, 0.2) is 0 Å². The van der Waals surface area contributed by atoms with Crippen molar-refractivity contribution in [2.45, 2.75) is 6.54 Å². The van der Waals surface area contributed by atoms with Gasteiger partial charge in [-0.1, -0.05) is 30.3 Å². The maximum atomic E-state index is 13.7. The molecule has 11 heteroatoms. The zero-order chi connectivity index (χ0) is 20.8. The van der Waals surface area contributed by atoms with Gasteiger partial charge in [-0.2, -0.15) is 0 Å². The first-order valence-electron chi connectivity index (χ1n) is 8.25. The number of carbonyl (C=O) groups is 1. The summed E-state index contributed by atoms with van der Waals surface area (Å²) >= 11 is 0. The lowest BCUT2D eigenvalue weighted by molar-refractivity contribution is -0.383. The summed E-state index contributed by atoms with van der Waals surface area (Å²) in [7, 11) is 0. The highest BCUT2D eigenvalue weighted by molar-refractivity contribution is 5.95. The number of benzene rings is 2. The van der Waals surface area contributed by atoms with E-state index in [-0.39, 0.29) is 29.3 Å². The predicted molar refractivity (Wildman–Crippen MR) is 99.9 cm³/mol. The van der Waals surface area contributed by atoms with E-state index in [1.165, 1.54) is 36.4 Å². The van der Waals surface area contributed by atoms with Crippen molar-refractivity contribution in [3.05, 3.63) is 87.7 Å². The molecule has 9 nitrogen and oxygen atoms in total. The van der Waals surface area contributed by atoms with Crippen molar-refractivity contribution in [3.8, 4) is 0 Å². The molecule has 0 saturated carbocycles. The molecule has 0 fully saturated rings. The van der Waals surface area contributed by atoms with Crippen LogP contribution in [0.15, 0.2) is 54.9 Å². The molecule has 0 radical (unpaired) electrons. The highest BCUT2D eigenvalue weighted by Crippen LogP contribution is 2.28. The number of carbonyl (C=O) groups excluding carboxylic acids is 1. The normalized spacial score (nSPS) is 10.3. The number of hydrogen-bond donors (Lipinski definition) is 3. The zero-order valence-corrected chi connectivity index (χ0v) is 14.7. The van der Waals surface area contributed by atoms with E-state index in [2.05, 4.69) is 26.1 Å². The van der Waals surface area contributed by atoms with E-state index in [1.54, 1.807) is 6.07 Å². The van der Waals surface area contributed by atoms with Crippen LogP contribution in [0.2, 0.25) is 0 Å². The molecule has 0 spiro atoms. The molecule has 2 aromatic carbocycles. The molecule has 0 unspecified atom stereocenters. The van der Waals surface area contributed by atoms with E-state index in [9.17, 15) is 23.7 Å². The topological polar surface area (TPSA) is 122 Å². The summed E-state index contributed by atoms with van der Waals surface area (Å²) in [6, 6.07) is 11.2. The molecule has 0 aliphatic carbocycles. The fourth-order valence-electron chi connectivity index (χ4n) is 2.42. The van der Waals surface area contributed by atoms with Crippen molar-refractivity contribution in [2.24, 2.45) is 0 Å². The first-order chi connectivity index (χ1) is 14.0. The maximum absolute atomic E-state index is 13.7. The summed E-state index contributed by atoms with van der Waals surface area (Å²) in [5.41, 5.74) is 3.90. The third-order valence-electron chi connectivity index (χ3n) is 3.82. The average molecular weight is 400 g/mol. The SMILES string of the molecule is O=C(NNc1ncnc(NCc2ccccc2F)c1[N+](=O)[O-])c1ccccc1F. The first kappa shape index (κ1) is 19.6. The minimum Gasteiger partial charge on any atom is -0.360 e. The van der Waals surface area contributed by atoms with Crippen molar-refractivity contribution in [2.75, 3.05) is 10.7 Å². The molecule has 0 aliphatic heterocycles. The summed E-state index contributed by atoms with van der Waals surface area (Å²) in [6.45, 7) is -0.0639. The number of halogens is 2. The molecule has 0 aliphatic rings. The van der Waals surface area contributed by atoms with E-state index in [4.69, 9.17) is 0 Å². The summed E-state index contributed by atoms with van der Waals surface area (Å²) in [4.78, 5) is 30.3. The number of aromatic nitrogens is 2. The van der Waals surface area contributed by atoms with Crippen LogP contribution in [-0.4, -0.2) is 20.8 Å². The minimum atomic E-state index is -0.850. The Morgan fingerprint density at radius 1 is 1.00 bits per heavy atom. The number of amides is 1. The zero-order valence-electron chi connectivity index (χ0n) is 14.7. The molecule has 3 aromatic rings. The summed E-state index contributed by atoms with van der Waals surface area (Å²) in [5, 5.41) is 14.2. The maximum Gasteiger partial charge on any atom is 0.354 e. The van der Waals surface area contributed by atoms with Gasteiger partial charge in [0.05, 0.1) is 10.5 Å². The summed E-state index contributed by atoms with van der Waals surface area (Å²) in [5.74, 6) is -2.60. The molecule has 3 rings (SSSR count). The molecule has 0 saturated heterocycles. The number of nitrogens with one attached hydrogen (secondary N) is 3. The smallest absolute Gasteiger partial charge is 0.354 e. The van der Waals surface area contributed by atoms with Crippen LogP contribution in [0.4, 0.5) is 26.1 Å². The fraction of sp³-hybridized carbons (Fsp3) is 0.0556. The quantitative estimate of drug-likeness (QED) is 0.412. The van der Waals surface area contributed by atoms with Gasteiger partial charge in [0.2, 0.25) is 11.6 Å². The second-order valence-corrected chi connectivity index (χ2v) is 5.68. The second-order valence-electron chi connectivity index (χ2n) is 5.68. The number of hydrogen-bond acceptors (Lipinski definition) is 7. The van der Waals surface area contributed by atoms with Crippen LogP contribution in [0, 0.1) is 21.7 Å². The molecule has 1 heterocycles. The van der Waals surface area contributed by atoms with Crippen LogP contribution in [-0.2, 0) is 6.54 Å². The fourth-order valence-corrected chi connectivity index (χ4v) is 2.42. The van der Waals surface area contributed by atoms with E-state index in [0.717, 1.165) is 12.4 Å². The van der Waals surface area contributed by atoms with Crippen LogP contribution in [0.1, 0.15) is 15.9 Å². The Morgan fingerprint density at radius 3 is 2.34 bits per heavy atom. The van der Waals surface area contributed by atoms with E-state index >= 15 is 0 Å². The van der Waals surface area contributed by atoms with Crippen molar-refractivity contribution in [1.82, 2.24) is 15.4 Å². The molecule has 1 aromatic heterocycles. The lowest BCUT2D eigenvalue weighted by atomic mass is 10.2. The Labute approximate surface area is 162 Å². The van der Waals surface area contributed by atoms with Crippen LogP contribution in [0.3, 0.4) is 0 Å². The van der Waals surface area contributed by atoms with Gasteiger partial charge in [0.1, 0.15) is 18.0 Å². The summed E-state index contributed by atoms with van der Waals surface area (Å²) < 4.78 is 27.4. The molecular weight excluding hydrogens is 386 g/mol. The van der Waals surface area contributed by atoms with Crippen LogP contribution in [0.25, 0.3) is 0 Å². The Morgan fingerprint density at radius 2 is 1.66 bits per heavy atom. The lowest BCUT2D eigenvalue weighted by Crippen LogP contribution is -2.31. The molecule has 0 bridgehead atoms. The molecule has 0 atom stereocenters. The van der Waals surface area contributed by atoms with Gasteiger partial charge in [0.25, 0.3) is 5.91 Å². The van der Waals surface area contributed by atoms with Gasteiger partial charge in [-0.3, -0.25) is 25.8 Å². The third kappa shape index (κ3) is 4.58. The number of anilines is 2. The number of rotatable bonds is 7. The van der Waals surface area contributed by atoms with Crippen molar-refractivity contribution in [1.29, 1.82) is 0 Å². The number of hydrazine groups is 1. The number of nitro groups is 1. The van der Waals surface area contributed by atoms with Crippen molar-refractivity contribution >= 4 is 23.2 Å². The van der Waals surface area contributed by atoms with Crippen LogP contribution < -0.4 is 16.2 Å². The Balaban J connectivity index is 1.78. The average Bonchev–Trinajstić information content (AvgIpc) is 2.71. The van der Waals surface area contributed by atoms with Crippen LogP contribution in [0.5, 0.6) is 0 Å². The Hall–Kier alpha value is -4.15. The van der Waals surface area contributed by atoms with E-state index in [0.29, 0.717) is 0 Å². The van der Waals surface area contributed by atoms with Gasteiger partial charge < -0.3 is 5.32 Å². The van der Waals surface area contributed by atoms with Gasteiger partial charge in [0, 0.05) is 12.1 Å². The van der Waals surface area contributed by atoms with Gasteiger partial charge in [-0.05, 0) is 18.2 Å². The Kier molecular flexibility index (Phi) is 5.88. The Bertz CT molecular complexity index is 1060.